The summed E-state index contributed by atoms with van der Waals surface area (Å²) >= 11 is 1.48. The second-order valence-corrected chi connectivity index (χ2v) is 9.01. The third-order valence-corrected chi connectivity index (χ3v) is 6.25. The predicted octanol–water partition coefficient (Wildman–Crippen LogP) is 3.57. The molecule has 3 aromatic heterocycles. The van der Waals surface area contributed by atoms with Crippen LogP contribution in [0.5, 0.6) is 0 Å². The van der Waals surface area contributed by atoms with Crippen molar-refractivity contribution in [3.8, 4) is 5.69 Å². The molecule has 0 bridgehead atoms. The van der Waals surface area contributed by atoms with Gasteiger partial charge in [0, 0.05) is 28.4 Å². The van der Waals surface area contributed by atoms with Crippen LogP contribution in [-0.4, -0.2) is 29.3 Å². The van der Waals surface area contributed by atoms with E-state index in [2.05, 4.69) is 4.98 Å². The van der Waals surface area contributed by atoms with Gasteiger partial charge in [0.1, 0.15) is 11.8 Å². The topological polar surface area (TPSA) is 72.2 Å². The maximum atomic E-state index is 11.6. The second kappa shape index (κ2) is 6.35. The van der Waals surface area contributed by atoms with Crippen molar-refractivity contribution in [2.24, 2.45) is 0 Å². The Morgan fingerprint density at radius 1 is 1.08 bits per heavy atom. The minimum atomic E-state index is -3.23. The fourth-order valence-corrected chi connectivity index (χ4v) is 4.18. The number of aliphatic hydroxyl groups is 1. The quantitative estimate of drug-likeness (QED) is 0.584. The Morgan fingerprint density at radius 3 is 2.50 bits per heavy atom. The highest BCUT2D eigenvalue weighted by atomic mass is 32.2. The van der Waals surface area contributed by atoms with Crippen LogP contribution in [0, 0.1) is 0 Å². The van der Waals surface area contributed by atoms with Crippen molar-refractivity contribution in [3.05, 3.63) is 76.7 Å². The molecule has 4 aromatic rings. The summed E-state index contributed by atoms with van der Waals surface area (Å²) in [6, 6.07) is 16.1. The van der Waals surface area contributed by atoms with Crippen LogP contribution in [0.3, 0.4) is 0 Å². The fraction of sp³-hybridized carbons (Fsp3) is 0.105. The molecule has 1 atom stereocenters. The van der Waals surface area contributed by atoms with E-state index in [-0.39, 0.29) is 4.90 Å². The molecule has 0 aliphatic carbocycles. The van der Waals surface area contributed by atoms with Crippen LogP contribution in [-0.2, 0) is 9.84 Å². The van der Waals surface area contributed by atoms with Gasteiger partial charge < -0.3 is 9.67 Å². The summed E-state index contributed by atoms with van der Waals surface area (Å²) < 4.78 is 25.1. The van der Waals surface area contributed by atoms with E-state index < -0.39 is 15.9 Å². The van der Waals surface area contributed by atoms with E-state index in [0.29, 0.717) is 11.3 Å². The smallest absolute Gasteiger partial charge is 0.175 e. The molecule has 0 aliphatic rings. The van der Waals surface area contributed by atoms with E-state index in [4.69, 9.17) is 0 Å². The van der Waals surface area contributed by atoms with E-state index in [1.165, 1.54) is 17.6 Å². The molecule has 1 N–H and O–H groups in total. The molecule has 0 aliphatic heterocycles. The molecule has 4 rings (SSSR count). The van der Waals surface area contributed by atoms with E-state index in [0.717, 1.165) is 16.0 Å². The molecule has 7 heteroatoms. The minimum Gasteiger partial charge on any atom is -0.381 e. The molecule has 0 unspecified atom stereocenters. The number of hydrogen-bond donors (Lipinski definition) is 1. The van der Waals surface area contributed by atoms with Crippen LogP contribution in [0.15, 0.2) is 71.1 Å². The van der Waals surface area contributed by atoms with Crippen molar-refractivity contribution in [3.63, 3.8) is 0 Å². The van der Waals surface area contributed by atoms with Gasteiger partial charge in [0.2, 0.25) is 0 Å². The number of thiophene rings is 1. The second-order valence-electron chi connectivity index (χ2n) is 6.02. The lowest BCUT2D eigenvalue weighted by Crippen LogP contribution is -2.03. The number of nitrogens with zero attached hydrogens (tertiary/aromatic N) is 2. The van der Waals surface area contributed by atoms with Crippen LogP contribution in [0.25, 0.3) is 16.7 Å². The van der Waals surface area contributed by atoms with Gasteiger partial charge in [-0.2, -0.15) is 0 Å². The summed E-state index contributed by atoms with van der Waals surface area (Å²) in [5.41, 5.74) is 2.10. The fourth-order valence-electron chi connectivity index (χ4n) is 2.83. The van der Waals surface area contributed by atoms with E-state index in [1.807, 2.05) is 46.5 Å². The third kappa shape index (κ3) is 3.05. The highest BCUT2D eigenvalue weighted by molar-refractivity contribution is 7.90. The maximum absolute atomic E-state index is 11.6. The summed E-state index contributed by atoms with van der Waals surface area (Å²) in [6.07, 6.45) is 2.30. The van der Waals surface area contributed by atoms with Gasteiger partial charge in [-0.3, -0.25) is 0 Å². The first-order valence-electron chi connectivity index (χ1n) is 7.93. The Bertz CT molecular complexity index is 1160. The molecule has 0 saturated heterocycles. The molecule has 0 spiro atoms. The average molecular weight is 384 g/mol. The van der Waals surface area contributed by atoms with Crippen LogP contribution < -0.4 is 0 Å². The largest absolute Gasteiger partial charge is 0.381 e. The number of rotatable bonds is 4. The molecule has 0 saturated carbocycles. The van der Waals surface area contributed by atoms with E-state index >= 15 is 0 Å². The van der Waals surface area contributed by atoms with Gasteiger partial charge in [-0.05, 0) is 53.9 Å². The molecule has 0 radical (unpaired) electrons. The molecule has 5 nitrogen and oxygen atoms in total. The van der Waals surface area contributed by atoms with Gasteiger partial charge in [0.05, 0.1) is 10.6 Å². The first kappa shape index (κ1) is 17.0. The standard InChI is InChI=1S/C19H16N2O3S2/c1-26(23,24)15-7-5-14(6-8-15)21-11-10-13-4-9-16(20-19(13)21)18(22)17-3-2-12-25-17/h2-12,18,22H,1H3/t18-/m1/s1. The third-order valence-electron chi connectivity index (χ3n) is 4.19. The Labute approximate surface area is 155 Å². The number of sulfone groups is 1. The summed E-state index contributed by atoms with van der Waals surface area (Å²) in [7, 11) is -3.23. The first-order valence-corrected chi connectivity index (χ1v) is 10.7. The van der Waals surface area contributed by atoms with Crippen molar-refractivity contribution in [2.45, 2.75) is 11.0 Å². The molecule has 0 fully saturated rings. The number of aliphatic hydroxyl groups excluding tert-OH is 1. The summed E-state index contributed by atoms with van der Waals surface area (Å²) in [4.78, 5) is 5.76. The lowest BCUT2D eigenvalue weighted by atomic mass is 10.2. The zero-order chi connectivity index (χ0) is 18.3. The SMILES string of the molecule is CS(=O)(=O)c1ccc(-n2ccc3ccc([C@@H](O)c4cccs4)nc32)cc1. The van der Waals surface area contributed by atoms with Crippen molar-refractivity contribution in [1.29, 1.82) is 0 Å². The molecule has 132 valence electrons. The van der Waals surface area contributed by atoms with E-state index in [1.54, 1.807) is 24.3 Å². The van der Waals surface area contributed by atoms with Crippen molar-refractivity contribution >= 4 is 32.2 Å². The maximum Gasteiger partial charge on any atom is 0.175 e. The summed E-state index contributed by atoms with van der Waals surface area (Å²) in [5, 5.41) is 13.4. The Hall–Kier alpha value is -2.48. The number of hydrogen-bond acceptors (Lipinski definition) is 5. The van der Waals surface area contributed by atoms with Crippen LogP contribution in [0.2, 0.25) is 0 Å². The summed E-state index contributed by atoms with van der Waals surface area (Å²) in [6.45, 7) is 0. The van der Waals surface area contributed by atoms with Gasteiger partial charge in [-0.15, -0.1) is 11.3 Å². The Balaban J connectivity index is 1.77. The van der Waals surface area contributed by atoms with Gasteiger partial charge >= 0.3 is 0 Å². The monoisotopic (exact) mass is 384 g/mol. The summed E-state index contributed by atoms with van der Waals surface area (Å²) in [5.74, 6) is 0. The molecule has 26 heavy (non-hydrogen) atoms. The Morgan fingerprint density at radius 2 is 1.85 bits per heavy atom. The predicted molar refractivity (Wildman–Crippen MR) is 103 cm³/mol. The lowest BCUT2D eigenvalue weighted by Gasteiger charge is -2.10. The van der Waals surface area contributed by atoms with Crippen LogP contribution >= 0.6 is 11.3 Å². The van der Waals surface area contributed by atoms with Crippen LogP contribution in [0.1, 0.15) is 16.7 Å². The Kier molecular flexibility index (Phi) is 4.14. The zero-order valence-electron chi connectivity index (χ0n) is 13.9. The van der Waals surface area contributed by atoms with Gasteiger partial charge in [-0.25, -0.2) is 13.4 Å². The zero-order valence-corrected chi connectivity index (χ0v) is 15.5. The highest BCUT2D eigenvalue weighted by Crippen LogP contribution is 2.27. The van der Waals surface area contributed by atoms with Gasteiger partial charge in [0.15, 0.2) is 9.84 Å². The van der Waals surface area contributed by atoms with E-state index in [9.17, 15) is 13.5 Å². The minimum absolute atomic E-state index is 0.277. The molecule has 3 heterocycles. The van der Waals surface area contributed by atoms with Gasteiger partial charge in [0.25, 0.3) is 0 Å². The van der Waals surface area contributed by atoms with Crippen molar-refractivity contribution < 1.29 is 13.5 Å². The first-order chi connectivity index (χ1) is 12.4. The molecular weight excluding hydrogens is 368 g/mol. The molecule has 0 amide bonds. The number of aromatic nitrogens is 2. The molecule has 1 aromatic carbocycles. The number of fused-ring (bicyclic) bond motifs is 1. The normalized spacial score (nSPS) is 13.2. The number of pyridine rings is 1. The highest BCUT2D eigenvalue weighted by Gasteiger charge is 2.15. The van der Waals surface area contributed by atoms with Gasteiger partial charge in [-0.1, -0.05) is 6.07 Å². The van der Waals surface area contributed by atoms with Crippen molar-refractivity contribution in [2.75, 3.05) is 6.26 Å². The average Bonchev–Trinajstić information content (AvgIpc) is 3.30. The molecular formula is C19H16N2O3S2. The lowest BCUT2D eigenvalue weighted by molar-refractivity contribution is 0.219. The van der Waals surface area contributed by atoms with Crippen molar-refractivity contribution in [1.82, 2.24) is 9.55 Å². The number of benzene rings is 1. The van der Waals surface area contributed by atoms with Crippen LogP contribution in [0.4, 0.5) is 0 Å².